The van der Waals surface area contributed by atoms with Gasteiger partial charge in [-0.25, -0.2) is 5.43 Å². The van der Waals surface area contributed by atoms with Gasteiger partial charge in [0.25, 0.3) is 0 Å². The minimum atomic E-state index is -0.514. The van der Waals surface area contributed by atoms with E-state index >= 15 is 0 Å². The van der Waals surface area contributed by atoms with Gasteiger partial charge < -0.3 is 4.74 Å². The zero-order valence-corrected chi connectivity index (χ0v) is 11.6. The maximum Gasteiger partial charge on any atom is 0.322 e. The fourth-order valence-corrected chi connectivity index (χ4v) is 1.91. The van der Waals surface area contributed by atoms with E-state index in [1.807, 2.05) is 17.5 Å². The lowest BCUT2D eigenvalue weighted by molar-refractivity contribution is -0.153. The summed E-state index contributed by atoms with van der Waals surface area (Å²) in [7, 11) is 0. The Morgan fingerprint density at radius 3 is 2.67 bits per heavy atom. The minimum absolute atomic E-state index is 0.0482. The van der Waals surface area contributed by atoms with Crippen molar-refractivity contribution in [3.05, 3.63) is 22.4 Å². The van der Waals surface area contributed by atoms with Crippen LogP contribution in [0.25, 0.3) is 0 Å². The zero-order valence-electron chi connectivity index (χ0n) is 10.8. The van der Waals surface area contributed by atoms with Gasteiger partial charge in [0.15, 0.2) is 0 Å². The quantitative estimate of drug-likeness (QED) is 0.624. The summed E-state index contributed by atoms with van der Waals surface area (Å²) in [5.74, 6) is -0.583. The molecule has 0 spiro atoms. The third kappa shape index (κ3) is 6.36. The molecule has 1 heterocycles. The van der Waals surface area contributed by atoms with Gasteiger partial charge >= 0.3 is 5.97 Å². The molecular formula is C12H18N2O3S. The van der Waals surface area contributed by atoms with Gasteiger partial charge in [-0.1, -0.05) is 6.07 Å². The molecule has 1 aromatic heterocycles. The lowest BCUT2D eigenvalue weighted by atomic mass is 10.2. The largest absolute Gasteiger partial charge is 0.459 e. The number of nitrogens with one attached hydrogen (secondary N) is 2. The Balaban J connectivity index is 2.18. The first kappa shape index (κ1) is 14.7. The summed E-state index contributed by atoms with van der Waals surface area (Å²) < 4.78 is 5.07. The van der Waals surface area contributed by atoms with Crippen molar-refractivity contribution in [1.82, 2.24) is 10.9 Å². The number of esters is 1. The number of hydrogen-bond acceptors (Lipinski definition) is 5. The van der Waals surface area contributed by atoms with E-state index in [2.05, 4.69) is 10.9 Å². The van der Waals surface area contributed by atoms with E-state index in [4.69, 9.17) is 4.74 Å². The second-order valence-electron chi connectivity index (χ2n) is 4.74. The van der Waals surface area contributed by atoms with Crippen molar-refractivity contribution >= 4 is 23.2 Å². The minimum Gasteiger partial charge on any atom is -0.459 e. The van der Waals surface area contributed by atoms with Gasteiger partial charge in [0.05, 0.1) is 6.42 Å². The van der Waals surface area contributed by atoms with Crippen LogP contribution in [0.1, 0.15) is 25.6 Å². The molecule has 0 aromatic carbocycles. The van der Waals surface area contributed by atoms with Crippen molar-refractivity contribution in [1.29, 1.82) is 0 Å². The molecule has 2 N–H and O–H groups in total. The van der Waals surface area contributed by atoms with Crippen molar-refractivity contribution in [3.8, 4) is 0 Å². The number of hydrazine groups is 1. The van der Waals surface area contributed by atoms with E-state index in [1.165, 1.54) is 11.3 Å². The van der Waals surface area contributed by atoms with Gasteiger partial charge in [-0.3, -0.25) is 15.0 Å². The Bertz CT molecular complexity index is 396. The number of carbonyl (C=O) groups is 2. The third-order valence-corrected chi connectivity index (χ3v) is 2.67. The second-order valence-corrected chi connectivity index (χ2v) is 5.78. The predicted octanol–water partition coefficient (Wildman–Crippen LogP) is 1.25. The smallest absolute Gasteiger partial charge is 0.322 e. The second kappa shape index (κ2) is 6.51. The molecule has 0 aliphatic heterocycles. The summed E-state index contributed by atoms with van der Waals surface area (Å²) in [6.45, 7) is 5.33. The highest BCUT2D eigenvalue weighted by Crippen LogP contribution is 2.08. The van der Waals surface area contributed by atoms with Crippen LogP contribution in [0.5, 0.6) is 0 Å². The van der Waals surface area contributed by atoms with E-state index < -0.39 is 11.6 Å². The van der Waals surface area contributed by atoms with E-state index in [-0.39, 0.29) is 12.5 Å². The fourth-order valence-electron chi connectivity index (χ4n) is 1.21. The van der Waals surface area contributed by atoms with Crippen LogP contribution in [0.15, 0.2) is 17.5 Å². The molecule has 0 saturated heterocycles. The van der Waals surface area contributed by atoms with Crippen LogP contribution in [-0.2, 0) is 20.7 Å². The SMILES string of the molecule is CC(C)(C)OC(=O)CNNC(=O)Cc1cccs1. The van der Waals surface area contributed by atoms with Crippen LogP contribution in [0.2, 0.25) is 0 Å². The van der Waals surface area contributed by atoms with Crippen LogP contribution in [0, 0.1) is 0 Å². The maximum absolute atomic E-state index is 11.5. The normalized spacial score (nSPS) is 11.1. The molecule has 0 aliphatic rings. The molecule has 0 saturated carbocycles. The molecule has 0 atom stereocenters. The van der Waals surface area contributed by atoms with E-state index in [0.717, 1.165) is 4.88 Å². The first-order chi connectivity index (χ1) is 8.37. The van der Waals surface area contributed by atoms with Crippen molar-refractivity contribution in [3.63, 3.8) is 0 Å². The number of hydrogen-bond donors (Lipinski definition) is 2. The molecule has 0 fully saturated rings. The van der Waals surface area contributed by atoms with Gasteiger partial charge in [0.1, 0.15) is 12.1 Å². The molecule has 0 bridgehead atoms. The predicted molar refractivity (Wildman–Crippen MR) is 70.0 cm³/mol. The molecule has 1 aromatic rings. The van der Waals surface area contributed by atoms with Crippen LogP contribution < -0.4 is 10.9 Å². The lowest BCUT2D eigenvalue weighted by Crippen LogP contribution is -2.42. The van der Waals surface area contributed by atoms with Crippen molar-refractivity contribution in [2.24, 2.45) is 0 Å². The van der Waals surface area contributed by atoms with E-state index in [9.17, 15) is 9.59 Å². The molecule has 100 valence electrons. The Labute approximate surface area is 110 Å². The number of carbonyl (C=O) groups excluding carboxylic acids is 2. The third-order valence-electron chi connectivity index (χ3n) is 1.80. The first-order valence-corrected chi connectivity index (χ1v) is 6.51. The molecule has 1 rings (SSSR count). The average Bonchev–Trinajstić information content (AvgIpc) is 2.67. The van der Waals surface area contributed by atoms with Gasteiger partial charge in [0, 0.05) is 4.88 Å². The fraction of sp³-hybridized carbons (Fsp3) is 0.500. The average molecular weight is 270 g/mol. The molecular weight excluding hydrogens is 252 g/mol. The molecule has 1 amide bonds. The molecule has 18 heavy (non-hydrogen) atoms. The Morgan fingerprint density at radius 1 is 1.39 bits per heavy atom. The Hall–Kier alpha value is -1.40. The van der Waals surface area contributed by atoms with Crippen LogP contribution in [0.3, 0.4) is 0 Å². The molecule has 6 heteroatoms. The Morgan fingerprint density at radius 2 is 2.11 bits per heavy atom. The number of amides is 1. The topological polar surface area (TPSA) is 67.4 Å². The summed E-state index contributed by atoms with van der Waals surface area (Å²) in [6.07, 6.45) is 0.305. The highest BCUT2D eigenvalue weighted by molar-refractivity contribution is 7.10. The monoisotopic (exact) mass is 270 g/mol. The lowest BCUT2D eigenvalue weighted by Gasteiger charge is -2.19. The van der Waals surface area contributed by atoms with E-state index in [0.29, 0.717) is 6.42 Å². The van der Waals surface area contributed by atoms with Gasteiger partial charge in [0.2, 0.25) is 5.91 Å². The number of ether oxygens (including phenoxy) is 1. The molecule has 0 unspecified atom stereocenters. The maximum atomic E-state index is 11.5. The van der Waals surface area contributed by atoms with Crippen molar-refractivity contribution < 1.29 is 14.3 Å². The first-order valence-electron chi connectivity index (χ1n) is 5.63. The highest BCUT2D eigenvalue weighted by Gasteiger charge is 2.15. The summed E-state index contributed by atoms with van der Waals surface area (Å²) in [6, 6.07) is 3.78. The van der Waals surface area contributed by atoms with Crippen LogP contribution in [-0.4, -0.2) is 24.0 Å². The summed E-state index contributed by atoms with van der Waals surface area (Å²) in [4.78, 5) is 23.8. The van der Waals surface area contributed by atoms with E-state index in [1.54, 1.807) is 20.8 Å². The van der Waals surface area contributed by atoms with Crippen LogP contribution in [0.4, 0.5) is 0 Å². The number of rotatable bonds is 5. The van der Waals surface area contributed by atoms with Gasteiger partial charge in [-0.15, -0.1) is 11.3 Å². The van der Waals surface area contributed by atoms with Crippen molar-refractivity contribution in [2.75, 3.05) is 6.54 Å². The summed E-state index contributed by atoms with van der Waals surface area (Å²) >= 11 is 1.52. The summed E-state index contributed by atoms with van der Waals surface area (Å²) in [5.41, 5.74) is 4.49. The van der Waals surface area contributed by atoms with Gasteiger partial charge in [-0.05, 0) is 32.2 Å². The van der Waals surface area contributed by atoms with Crippen molar-refractivity contribution in [2.45, 2.75) is 32.8 Å². The Kier molecular flexibility index (Phi) is 5.30. The summed E-state index contributed by atoms with van der Waals surface area (Å²) in [5, 5.41) is 1.91. The number of thiophene rings is 1. The van der Waals surface area contributed by atoms with Crippen LogP contribution >= 0.6 is 11.3 Å². The molecule has 0 radical (unpaired) electrons. The highest BCUT2D eigenvalue weighted by atomic mass is 32.1. The standard InChI is InChI=1S/C12H18N2O3S/c1-12(2,3)17-11(16)8-13-14-10(15)7-9-5-4-6-18-9/h4-6,13H,7-8H2,1-3H3,(H,14,15). The molecule has 5 nitrogen and oxygen atoms in total. The van der Waals surface area contributed by atoms with Gasteiger partial charge in [-0.2, -0.15) is 0 Å². The zero-order chi connectivity index (χ0) is 13.6. The molecule has 0 aliphatic carbocycles.